The van der Waals surface area contributed by atoms with Crippen LogP contribution in [0.3, 0.4) is 0 Å². The minimum atomic E-state index is 0.0464. The Balaban J connectivity index is 2.91. The van der Waals surface area contributed by atoms with Crippen molar-refractivity contribution in [1.29, 1.82) is 0 Å². The number of nitrogens with one attached hydrogen (secondary N) is 1. The van der Waals surface area contributed by atoms with Crippen molar-refractivity contribution in [3.63, 3.8) is 0 Å². The monoisotopic (exact) mass is 284 g/mol. The van der Waals surface area contributed by atoms with Gasteiger partial charge in [-0.2, -0.15) is 11.8 Å². The molecule has 0 aliphatic heterocycles. The maximum Gasteiger partial charge on any atom is 0.127 e. The van der Waals surface area contributed by atoms with E-state index in [9.17, 15) is 0 Å². The zero-order valence-corrected chi connectivity index (χ0v) is 13.1. The van der Waals surface area contributed by atoms with Gasteiger partial charge in [-0.05, 0) is 12.1 Å². The molecule has 0 spiro atoms. The lowest BCUT2D eigenvalue weighted by Gasteiger charge is -2.24. The first-order valence-electron chi connectivity index (χ1n) is 6.23. The van der Waals surface area contributed by atoms with Gasteiger partial charge < -0.3 is 9.47 Å². The number of nitrogens with two attached hydrogens (primary N) is 1. The summed E-state index contributed by atoms with van der Waals surface area (Å²) >= 11 is 1.86. The zero-order chi connectivity index (χ0) is 14.5. The van der Waals surface area contributed by atoms with Gasteiger partial charge in [0.1, 0.15) is 11.5 Å². The molecule has 1 aromatic rings. The van der Waals surface area contributed by atoms with Crippen molar-refractivity contribution >= 4 is 11.8 Å². The van der Waals surface area contributed by atoms with Crippen LogP contribution in [0.25, 0.3) is 0 Å². The van der Waals surface area contributed by atoms with E-state index >= 15 is 0 Å². The Labute approximate surface area is 120 Å². The summed E-state index contributed by atoms with van der Waals surface area (Å²) in [6.07, 6.45) is 0. The molecular weight excluding hydrogens is 260 g/mol. The molecule has 0 fully saturated rings. The number of hydrazine groups is 1. The van der Waals surface area contributed by atoms with Crippen LogP contribution < -0.4 is 20.7 Å². The van der Waals surface area contributed by atoms with Crippen molar-refractivity contribution in [2.24, 2.45) is 5.84 Å². The predicted octanol–water partition coefficient (Wildman–Crippen LogP) is 2.74. The Morgan fingerprint density at radius 2 is 1.95 bits per heavy atom. The van der Waals surface area contributed by atoms with Crippen LogP contribution in [0.2, 0.25) is 0 Å². The van der Waals surface area contributed by atoms with Gasteiger partial charge in [0.15, 0.2) is 0 Å². The molecule has 1 rings (SSSR count). The molecule has 0 radical (unpaired) electrons. The molecule has 3 N–H and O–H groups in total. The average molecular weight is 284 g/mol. The van der Waals surface area contributed by atoms with E-state index in [1.54, 1.807) is 14.2 Å². The maximum atomic E-state index is 5.68. The second-order valence-corrected chi connectivity index (χ2v) is 7.10. The normalized spacial score (nSPS) is 13.2. The molecule has 1 unspecified atom stereocenters. The molecule has 0 saturated carbocycles. The predicted molar refractivity (Wildman–Crippen MR) is 81.8 cm³/mol. The first-order valence-corrected chi connectivity index (χ1v) is 7.22. The van der Waals surface area contributed by atoms with Crippen molar-refractivity contribution < 1.29 is 9.47 Å². The molecule has 1 aromatic carbocycles. The highest BCUT2D eigenvalue weighted by Gasteiger charge is 2.19. The van der Waals surface area contributed by atoms with Crippen LogP contribution in [0.1, 0.15) is 32.4 Å². The van der Waals surface area contributed by atoms with Gasteiger partial charge in [0, 0.05) is 22.1 Å². The van der Waals surface area contributed by atoms with Gasteiger partial charge in [0.2, 0.25) is 0 Å². The fourth-order valence-corrected chi connectivity index (χ4v) is 2.61. The highest BCUT2D eigenvalue weighted by molar-refractivity contribution is 8.00. The molecule has 4 nitrogen and oxygen atoms in total. The van der Waals surface area contributed by atoms with Gasteiger partial charge in [0.25, 0.3) is 0 Å². The third-order valence-electron chi connectivity index (χ3n) is 2.70. The van der Waals surface area contributed by atoms with E-state index in [-0.39, 0.29) is 10.8 Å². The lowest BCUT2D eigenvalue weighted by molar-refractivity contribution is 0.386. The summed E-state index contributed by atoms with van der Waals surface area (Å²) in [5.74, 6) is 8.12. The zero-order valence-electron chi connectivity index (χ0n) is 12.3. The Hall–Kier alpha value is -0.910. The van der Waals surface area contributed by atoms with Crippen LogP contribution in [0, 0.1) is 0 Å². The van der Waals surface area contributed by atoms with E-state index in [1.807, 2.05) is 30.0 Å². The Bertz CT molecular complexity index is 405. The average Bonchev–Trinajstić information content (AvgIpc) is 2.38. The molecule has 0 bridgehead atoms. The fourth-order valence-electron chi connectivity index (χ4n) is 1.67. The summed E-state index contributed by atoms with van der Waals surface area (Å²) in [5.41, 5.74) is 3.91. The fraction of sp³-hybridized carbons (Fsp3) is 0.571. The lowest BCUT2D eigenvalue weighted by atomic mass is 10.1. The van der Waals surface area contributed by atoms with Crippen LogP contribution in [0.5, 0.6) is 11.5 Å². The maximum absolute atomic E-state index is 5.68. The van der Waals surface area contributed by atoms with E-state index in [0.29, 0.717) is 0 Å². The molecule has 0 saturated heterocycles. The summed E-state index contributed by atoms with van der Waals surface area (Å²) in [7, 11) is 3.30. The van der Waals surface area contributed by atoms with E-state index < -0.39 is 0 Å². The number of benzene rings is 1. The van der Waals surface area contributed by atoms with Crippen molar-refractivity contribution in [3.8, 4) is 11.5 Å². The minimum Gasteiger partial charge on any atom is -0.497 e. The molecule has 0 aromatic heterocycles. The molecule has 0 aliphatic rings. The van der Waals surface area contributed by atoms with Crippen LogP contribution in [0.15, 0.2) is 18.2 Å². The highest BCUT2D eigenvalue weighted by Crippen LogP contribution is 2.33. The molecule has 0 amide bonds. The molecule has 5 heteroatoms. The molecule has 19 heavy (non-hydrogen) atoms. The number of ether oxygens (including phenoxy) is 2. The Morgan fingerprint density at radius 3 is 2.42 bits per heavy atom. The van der Waals surface area contributed by atoms with Gasteiger partial charge in [-0.3, -0.25) is 11.3 Å². The highest BCUT2D eigenvalue weighted by atomic mass is 32.2. The summed E-state index contributed by atoms with van der Waals surface area (Å²) < 4.78 is 10.8. The number of hydrogen-bond acceptors (Lipinski definition) is 5. The second kappa shape index (κ2) is 7.03. The van der Waals surface area contributed by atoms with Gasteiger partial charge >= 0.3 is 0 Å². The number of methoxy groups -OCH3 is 2. The minimum absolute atomic E-state index is 0.0464. The third kappa shape index (κ3) is 4.93. The summed E-state index contributed by atoms with van der Waals surface area (Å²) in [5, 5.41) is 0. The third-order valence-corrected chi connectivity index (χ3v) is 4.07. The molecule has 108 valence electrons. The summed E-state index contributed by atoms with van der Waals surface area (Å²) in [6, 6.07) is 5.83. The smallest absolute Gasteiger partial charge is 0.127 e. The number of thioether (sulfide) groups is 1. The van der Waals surface area contributed by atoms with Crippen LogP contribution >= 0.6 is 11.8 Å². The topological polar surface area (TPSA) is 56.5 Å². The van der Waals surface area contributed by atoms with Gasteiger partial charge in [-0.1, -0.05) is 20.8 Å². The van der Waals surface area contributed by atoms with E-state index in [0.717, 1.165) is 22.8 Å². The van der Waals surface area contributed by atoms with Gasteiger partial charge in [-0.25, -0.2) is 0 Å². The largest absolute Gasteiger partial charge is 0.497 e. The Morgan fingerprint density at radius 1 is 1.26 bits per heavy atom. The summed E-state index contributed by atoms with van der Waals surface area (Å²) in [4.78, 5) is 0. The van der Waals surface area contributed by atoms with Crippen LogP contribution in [0.4, 0.5) is 0 Å². The molecule has 0 heterocycles. The van der Waals surface area contributed by atoms with Crippen LogP contribution in [-0.2, 0) is 0 Å². The van der Waals surface area contributed by atoms with E-state index in [2.05, 4.69) is 26.2 Å². The molecule has 0 aliphatic carbocycles. The number of hydrogen-bond donors (Lipinski definition) is 2. The van der Waals surface area contributed by atoms with E-state index in [1.165, 1.54) is 0 Å². The van der Waals surface area contributed by atoms with Gasteiger partial charge in [-0.15, -0.1) is 0 Å². The van der Waals surface area contributed by atoms with Crippen molar-refractivity contribution in [2.45, 2.75) is 31.6 Å². The van der Waals surface area contributed by atoms with E-state index in [4.69, 9.17) is 15.3 Å². The molecule has 1 atom stereocenters. The van der Waals surface area contributed by atoms with Crippen molar-refractivity contribution in [3.05, 3.63) is 23.8 Å². The van der Waals surface area contributed by atoms with Crippen LogP contribution in [-0.4, -0.2) is 24.7 Å². The van der Waals surface area contributed by atoms with Crippen molar-refractivity contribution in [1.82, 2.24) is 5.43 Å². The SMILES string of the molecule is COc1ccc(C(CSC(C)(C)C)NN)c(OC)c1. The second-order valence-electron chi connectivity index (χ2n) is 5.25. The van der Waals surface area contributed by atoms with Crippen molar-refractivity contribution in [2.75, 3.05) is 20.0 Å². The molecular formula is C14H24N2O2S. The van der Waals surface area contributed by atoms with Gasteiger partial charge in [0.05, 0.1) is 20.3 Å². The quantitative estimate of drug-likeness (QED) is 0.621. The Kier molecular flexibility index (Phi) is 5.97. The first kappa shape index (κ1) is 16.1. The lowest BCUT2D eigenvalue weighted by Crippen LogP contribution is -2.31. The number of rotatable bonds is 6. The summed E-state index contributed by atoms with van der Waals surface area (Å²) in [6.45, 7) is 6.57. The standard InChI is InChI=1S/C14H24N2O2S/c1-14(2,3)19-9-12(16-15)11-7-6-10(17-4)8-13(11)18-5/h6-8,12,16H,9,15H2,1-5H3. The first-order chi connectivity index (χ1) is 8.91.